The second kappa shape index (κ2) is 7.80. The Morgan fingerprint density at radius 1 is 0.900 bits per heavy atom. The Bertz CT molecular complexity index is 1130. The molecule has 5 rings (SSSR count). The number of amides is 2. The highest BCUT2D eigenvalue weighted by molar-refractivity contribution is 6.35. The first kappa shape index (κ1) is 18.6. The number of benzene rings is 2. The Hall–Kier alpha value is -3.38. The number of aromatic amines is 1. The Kier molecular flexibility index (Phi) is 4.85. The number of aromatic nitrogens is 1. The van der Waals surface area contributed by atoms with Crippen LogP contribution >= 0.6 is 0 Å². The van der Waals surface area contributed by atoms with Crippen molar-refractivity contribution < 1.29 is 14.3 Å². The zero-order valence-electron chi connectivity index (χ0n) is 16.6. The molecule has 6 heteroatoms. The predicted molar refractivity (Wildman–Crippen MR) is 114 cm³/mol. The number of fused-ring (bicyclic) bond motifs is 1. The van der Waals surface area contributed by atoms with E-state index in [0.29, 0.717) is 50.5 Å². The Morgan fingerprint density at radius 3 is 2.43 bits per heavy atom. The Labute approximate surface area is 174 Å². The summed E-state index contributed by atoms with van der Waals surface area (Å²) in [4.78, 5) is 33.4. The number of morpholine rings is 1. The normalized spacial score (nSPS) is 17.5. The van der Waals surface area contributed by atoms with Gasteiger partial charge in [0.1, 0.15) is 5.70 Å². The molecule has 1 N–H and O–H groups in total. The van der Waals surface area contributed by atoms with Crippen LogP contribution in [0.5, 0.6) is 0 Å². The number of rotatable bonds is 5. The third-order valence-corrected chi connectivity index (χ3v) is 5.81. The maximum Gasteiger partial charge on any atom is 0.277 e. The number of imide groups is 1. The van der Waals surface area contributed by atoms with Gasteiger partial charge >= 0.3 is 0 Å². The van der Waals surface area contributed by atoms with Crippen molar-refractivity contribution in [1.82, 2.24) is 14.8 Å². The zero-order chi connectivity index (χ0) is 20.5. The summed E-state index contributed by atoms with van der Waals surface area (Å²) in [5.74, 6) is -0.423. The molecule has 0 bridgehead atoms. The van der Waals surface area contributed by atoms with Crippen LogP contribution in [0.3, 0.4) is 0 Å². The first-order valence-corrected chi connectivity index (χ1v) is 10.3. The second-order valence-corrected chi connectivity index (χ2v) is 7.56. The molecule has 3 heterocycles. The molecular formula is C24H23N3O3. The highest BCUT2D eigenvalue weighted by Crippen LogP contribution is 2.32. The molecule has 1 aromatic heterocycles. The van der Waals surface area contributed by atoms with Crippen LogP contribution in [0.1, 0.15) is 11.1 Å². The van der Waals surface area contributed by atoms with E-state index in [1.54, 1.807) is 0 Å². The lowest BCUT2D eigenvalue weighted by Crippen LogP contribution is -2.40. The number of nitrogens with zero attached hydrogens (tertiary/aromatic N) is 2. The van der Waals surface area contributed by atoms with E-state index in [9.17, 15) is 9.59 Å². The first-order chi connectivity index (χ1) is 14.7. The summed E-state index contributed by atoms with van der Waals surface area (Å²) in [5, 5.41) is 1.13. The van der Waals surface area contributed by atoms with Crippen LogP contribution in [-0.4, -0.2) is 59.4 Å². The Balaban J connectivity index is 1.45. The molecule has 2 aliphatic heterocycles. The van der Waals surface area contributed by atoms with Crippen LogP contribution in [-0.2, 0) is 20.7 Å². The molecule has 30 heavy (non-hydrogen) atoms. The number of carbonyl (C=O) groups excluding carboxylic acids is 2. The molecular weight excluding hydrogens is 378 g/mol. The minimum Gasteiger partial charge on any atom is -0.378 e. The van der Waals surface area contributed by atoms with E-state index in [-0.39, 0.29) is 11.8 Å². The fourth-order valence-corrected chi connectivity index (χ4v) is 4.28. The van der Waals surface area contributed by atoms with Gasteiger partial charge in [-0.3, -0.25) is 14.5 Å². The summed E-state index contributed by atoms with van der Waals surface area (Å²) in [6.45, 7) is 2.69. The number of H-pyrrole nitrogens is 1. The molecule has 0 radical (unpaired) electrons. The van der Waals surface area contributed by atoms with Crippen molar-refractivity contribution in [3.05, 3.63) is 77.6 Å². The SMILES string of the molecule is O=C1C(c2ccccc2)=C(N2CCOCC2)C(=O)N1CCc1c[nH]c2ccccc12. The standard InChI is InChI=1S/C24H23N3O3/c28-23-21(17-6-2-1-3-7-17)22(26-12-14-30-15-13-26)24(29)27(23)11-10-18-16-25-20-9-5-4-8-19(18)20/h1-9,16,25H,10-15H2. The van der Waals surface area contributed by atoms with Crippen molar-refractivity contribution >= 4 is 28.3 Å². The van der Waals surface area contributed by atoms with Crippen LogP contribution in [0.2, 0.25) is 0 Å². The van der Waals surface area contributed by atoms with Crippen molar-refractivity contribution in [2.45, 2.75) is 6.42 Å². The van der Waals surface area contributed by atoms with Gasteiger partial charge in [0, 0.05) is 36.7 Å². The van der Waals surface area contributed by atoms with Crippen molar-refractivity contribution in [2.75, 3.05) is 32.8 Å². The lowest BCUT2D eigenvalue weighted by atomic mass is 10.0. The third-order valence-electron chi connectivity index (χ3n) is 5.81. The fraction of sp³-hybridized carbons (Fsp3) is 0.250. The molecule has 1 fully saturated rings. The summed E-state index contributed by atoms with van der Waals surface area (Å²) in [7, 11) is 0. The number of hydrogen-bond donors (Lipinski definition) is 1. The first-order valence-electron chi connectivity index (χ1n) is 10.3. The summed E-state index contributed by atoms with van der Waals surface area (Å²) >= 11 is 0. The van der Waals surface area contributed by atoms with Gasteiger partial charge in [-0.25, -0.2) is 0 Å². The molecule has 0 saturated carbocycles. The van der Waals surface area contributed by atoms with Crippen LogP contribution < -0.4 is 0 Å². The van der Waals surface area contributed by atoms with Gasteiger partial charge in [-0.1, -0.05) is 48.5 Å². The minimum absolute atomic E-state index is 0.208. The van der Waals surface area contributed by atoms with Gasteiger partial charge in [0.05, 0.1) is 18.8 Å². The quantitative estimate of drug-likeness (QED) is 0.668. The summed E-state index contributed by atoms with van der Waals surface area (Å²) in [5.41, 5.74) is 3.96. The molecule has 0 spiro atoms. The molecule has 6 nitrogen and oxygen atoms in total. The molecule has 2 aliphatic rings. The van der Waals surface area contributed by atoms with Crippen LogP contribution in [0.4, 0.5) is 0 Å². The fourth-order valence-electron chi connectivity index (χ4n) is 4.28. The molecule has 0 aliphatic carbocycles. The molecule has 0 atom stereocenters. The molecule has 2 aromatic carbocycles. The largest absolute Gasteiger partial charge is 0.378 e. The van der Waals surface area contributed by atoms with E-state index in [1.165, 1.54) is 4.90 Å². The Morgan fingerprint density at radius 2 is 1.63 bits per heavy atom. The number of carbonyl (C=O) groups is 2. The predicted octanol–water partition coefficient (Wildman–Crippen LogP) is 2.82. The van der Waals surface area contributed by atoms with Crippen molar-refractivity contribution in [3.8, 4) is 0 Å². The lowest BCUT2D eigenvalue weighted by Gasteiger charge is -2.29. The van der Waals surface area contributed by atoms with Crippen molar-refractivity contribution in [2.24, 2.45) is 0 Å². The maximum absolute atomic E-state index is 13.4. The number of nitrogens with one attached hydrogen (secondary N) is 1. The minimum atomic E-state index is -0.215. The van der Waals surface area contributed by atoms with E-state index in [4.69, 9.17) is 4.74 Å². The zero-order valence-corrected chi connectivity index (χ0v) is 16.6. The highest BCUT2D eigenvalue weighted by atomic mass is 16.5. The molecule has 3 aromatic rings. The molecule has 152 valence electrons. The van der Waals surface area contributed by atoms with E-state index >= 15 is 0 Å². The van der Waals surface area contributed by atoms with Gasteiger partial charge in [0.2, 0.25) is 0 Å². The molecule has 1 saturated heterocycles. The lowest BCUT2D eigenvalue weighted by molar-refractivity contribution is -0.137. The van der Waals surface area contributed by atoms with Gasteiger partial charge in [-0.15, -0.1) is 0 Å². The number of para-hydroxylation sites is 1. The summed E-state index contributed by atoms with van der Waals surface area (Å²) in [6.07, 6.45) is 2.57. The summed E-state index contributed by atoms with van der Waals surface area (Å²) in [6, 6.07) is 17.6. The maximum atomic E-state index is 13.4. The van der Waals surface area contributed by atoms with Crippen LogP contribution in [0.25, 0.3) is 16.5 Å². The van der Waals surface area contributed by atoms with Gasteiger partial charge in [-0.05, 0) is 23.6 Å². The van der Waals surface area contributed by atoms with E-state index < -0.39 is 0 Å². The average Bonchev–Trinajstić information content (AvgIpc) is 3.32. The molecule has 0 unspecified atom stereocenters. The van der Waals surface area contributed by atoms with E-state index in [0.717, 1.165) is 22.0 Å². The topological polar surface area (TPSA) is 65.6 Å². The highest BCUT2D eigenvalue weighted by Gasteiger charge is 2.41. The van der Waals surface area contributed by atoms with Gasteiger partial charge in [0.25, 0.3) is 11.8 Å². The monoisotopic (exact) mass is 401 g/mol. The van der Waals surface area contributed by atoms with E-state index in [2.05, 4.69) is 11.1 Å². The second-order valence-electron chi connectivity index (χ2n) is 7.56. The van der Waals surface area contributed by atoms with E-state index in [1.807, 2.05) is 59.6 Å². The number of ether oxygens (including phenoxy) is 1. The number of hydrogen-bond acceptors (Lipinski definition) is 4. The third kappa shape index (κ3) is 3.19. The summed E-state index contributed by atoms with van der Waals surface area (Å²) < 4.78 is 5.45. The van der Waals surface area contributed by atoms with Gasteiger partial charge in [0.15, 0.2) is 0 Å². The molecule has 2 amide bonds. The van der Waals surface area contributed by atoms with Crippen LogP contribution in [0.15, 0.2) is 66.5 Å². The van der Waals surface area contributed by atoms with Crippen molar-refractivity contribution in [3.63, 3.8) is 0 Å². The van der Waals surface area contributed by atoms with Gasteiger partial charge in [-0.2, -0.15) is 0 Å². The van der Waals surface area contributed by atoms with Crippen LogP contribution in [0, 0.1) is 0 Å². The average molecular weight is 401 g/mol. The van der Waals surface area contributed by atoms with Crippen molar-refractivity contribution in [1.29, 1.82) is 0 Å². The smallest absolute Gasteiger partial charge is 0.277 e. The van der Waals surface area contributed by atoms with Gasteiger partial charge < -0.3 is 14.6 Å².